The van der Waals surface area contributed by atoms with E-state index >= 15 is 0 Å². The molecule has 8 aromatic rings. The van der Waals surface area contributed by atoms with Crippen LogP contribution in [0.15, 0.2) is 150 Å². The van der Waals surface area contributed by atoms with E-state index in [-0.39, 0.29) is 5.41 Å². The molecule has 0 unspecified atom stereocenters. The lowest BCUT2D eigenvalue weighted by molar-refractivity contribution is 0.660. The first kappa shape index (κ1) is 26.6. The zero-order chi connectivity index (χ0) is 30.8. The topological polar surface area (TPSA) is 38.9 Å². The van der Waals surface area contributed by atoms with Crippen LogP contribution in [0.3, 0.4) is 0 Å². The van der Waals surface area contributed by atoms with Gasteiger partial charge in [0.2, 0.25) is 0 Å². The summed E-state index contributed by atoms with van der Waals surface area (Å²) in [7, 11) is 0. The molecule has 0 radical (unpaired) electrons. The molecule has 218 valence electrons. The van der Waals surface area contributed by atoms with Gasteiger partial charge in [-0.2, -0.15) is 0 Å². The van der Waals surface area contributed by atoms with Crippen LogP contribution in [0.5, 0.6) is 0 Å². The maximum Gasteiger partial charge on any atom is 0.160 e. The van der Waals surface area contributed by atoms with Crippen molar-refractivity contribution in [3.63, 3.8) is 0 Å². The second kappa shape index (κ2) is 10.1. The van der Waals surface area contributed by atoms with Crippen LogP contribution in [-0.4, -0.2) is 9.97 Å². The Balaban J connectivity index is 1.25. The van der Waals surface area contributed by atoms with Crippen LogP contribution in [-0.2, 0) is 5.41 Å². The Labute approximate surface area is 267 Å². The number of fused-ring (bicyclic) bond motifs is 6. The molecule has 2 aromatic heterocycles. The molecule has 1 aliphatic rings. The fourth-order valence-corrected chi connectivity index (χ4v) is 7.24. The molecule has 6 aromatic carbocycles. The third-order valence-electron chi connectivity index (χ3n) is 9.52. The van der Waals surface area contributed by atoms with Gasteiger partial charge in [0, 0.05) is 38.4 Å². The molecule has 9 rings (SSSR count). The van der Waals surface area contributed by atoms with Crippen molar-refractivity contribution in [1.82, 2.24) is 9.97 Å². The molecular weight excluding hydrogens is 560 g/mol. The Hall–Kier alpha value is -5.80. The van der Waals surface area contributed by atoms with Crippen LogP contribution in [0, 0.1) is 0 Å². The lowest BCUT2D eigenvalue weighted by Crippen LogP contribution is -2.14. The van der Waals surface area contributed by atoms with E-state index in [4.69, 9.17) is 14.4 Å². The highest BCUT2D eigenvalue weighted by atomic mass is 16.3. The van der Waals surface area contributed by atoms with E-state index in [2.05, 4.69) is 129 Å². The van der Waals surface area contributed by atoms with Crippen molar-refractivity contribution in [3.8, 4) is 56.2 Å². The van der Waals surface area contributed by atoms with Crippen molar-refractivity contribution >= 4 is 21.9 Å². The Kier molecular flexibility index (Phi) is 5.85. The van der Waals surface area contributed by atoms with Crippen molar-refractivity contribution in [2.45, 2.75) is 19.3 Å². The quantitative estimate of drug-likeness (QED) is 0.205. The number of aromatic nitrogens is 2. The van der Waals surface area contributed by atoms with E-state index in [1.54, 1.807) is 0 Å². The van der Waals surface area contributed by atoms with E-state index in [0.29, 0.717) is 5.82 Å². The molecule has 3 heteroatoms. The molecular formula is C43H30N2O. The molecule has 0 amide bonds. The highest BCUT2D eigenvalue weighted by Gasteiger charge is 2.36. The number of nitrogens with zero attached hydrogens (tertiary/aromatic N) is 2. The van der Waals surface area contributed by atoms with Gasteiger partial charge in [-0.05, 0) is 46.0 Å². The second-order valence-corrected chi connectivity index (χ2v) is 12.6. The first-order valence-electron chi connectivity index (χ1n) is 15.8. The van der Waals surface area contributed by atoms with E-state index in [1.165, 1.54) is 22.3 Å². The summed E-state index contributed by atoms with van der Waals surface area (Å²) in [5, 5.41) is 2.25. The summed E-state index contributed by atoms with van der Waals surface area (Å²) in [5.41, 5.74) is 14.0. The lowest BCUT2D eigenvalue weighted by Gasteiger charge is -2.21. The zero-order valence-electron chi connectivity index (χ0n) is 25.7. The van der Waals surface area contributed by atoms with Crippen LogP contribution in [0.25, 0.3) is 78.1 Å². The van der Waals surface area contributed by atoms with Gasteiger partial charge in [0.25, 0.3) is 0 Å². The summed E-state index contributed by atoms with van der Waals surface area (Å²) in [6.07, 6.45) is 0. The fraction of sp³-hybridized carbons (Fsp3) is 0.0698. The minimum atomic E-state index is -0.0912. The summed E-state index contributed by atoms with van der Waals surface area (Å²) in [6, 6.07) is 51.0. The molecule has 1 aliphatic carbocycles. The lowest BCUT2D eigenvalue weighted by atomic mass is 9.82. The Bertz CT molecular complexity index is 2450. The second-order valence-electron chi connectivity index (χ2n) is 12.6. The zero-order valence-corrected chi connectivity index (χ0v) is 25.7. The molecule has 0 aliphatic heterocycles. The first-order valence-corrected chi connectivity index (χ1v) is 15.8. The molecule has 46 heavy (non-hydrogen) atoms. The number of hydrogen-bond acceptors (Lipinski definition) is 3. The third kappa shape index (κ3) is 4.05. The molecule has 0 saturated carbocycles. The summed E-state index contributed by atoms with van der Waals surface area (Å²) >= 11 is 0. The van der Waals surface area contributed by atoms with Crippen molar-refractivity contribution < 1.29 is 4.42 Å². The molecule has 0 bridgehead atoms. The number of rotatable bonds is 4. The van der Waals surface area contributed by atoms with Gasteiger partial charge in [0.1, 0.15) is 11.2 Å². The van der Waals surface area contributed by atoms with Crippen molar-refractivity contribution in [2.75, 3.05) is 0 Å². The average molecular weight is 591 g/mol. The summed E-state index contributed by atoms with van der Waals surface area (Å²) in [5.74, 6) is 0.709. The normalized spacial score (nSPS) is 13.2. The smallest absolute Gasteiger partial charge is 0.160 e. The summed E-state index contributed by atoms with van der Waals surface area (Å²) in [4.78, 5) is 10.4. The molecule has 0 saturated heterocycles. The summed E-state index contributed by atoms with van der Waals surface area (Å²) in [6.45, 7) is 4.63. The summed E-state index contributed by atoms with van der Waals surface area (Å²) < 4.78 is 6.40. The molecule has 0 N–H and O–H groups in total. The van der Waals surface area contributed by atoms with E-state index in [9.17, 15) is 0 Å². The maximum atomic E-state index is 6.40. The van der Waals surface area contributed by atoms with Gasteiger partial charge in [-0.15, -0.1) is 0 Å². The number of hydrogen-bond donors (Lipinski definition) is 0. The van der Waals surface area contributed by atoms with Crippen LogP contribution in [0.1, 0.15) is 25.0 Å². The van der Waals surface area contributed by atoms with E-state index in [0.717, 1.165) is 61.1 Å². The Morgan fingerprint density at radius 3 is 2.02 bits per heavy atom. The number of furan rings is 1. The number of para-hydroxylation sites is 2. The standard InChI is InChI=1S/C43H30N2O/c1-43(2)35-22-8-6-18-33(35)40-34(21-12-23-36(40)43)38-26-37(44-42(45-38)27-13-4-3-5-14-27)29-16-10-15-28(25-29)30-19-11-20-32-31-17-7-9-24-39(31)46-41(30)32/h3-26H,1-2H3. The van der Waals surface area contributed by atoms with E-state index in [1.807, 2.05) is 30.3 Å². The first-order chi connectivity index (χ1) is 22.6. The highest BCUT2D eigenvalue weighted by Crippen LogP contribution is 2.52. The third-order valence-corrected chi connectivity index (χ3v) is 9.52. The Morgan fingerprint density at radius 1 is 0.478 bits per heavy atom. The van der Waals surface area contributed by atoms with E-state index < -0.39 is 0 Å². The van der Waals surface area contributed by atoms with Crippen LogP contribution in [0.2, 0.25) is 0 Å². The monoisotopic (exact) mass is 590 g/mol. The van der Waals surface area contributed by atoms with Crippen LogP contribution < -0.4 is 0 Å². The van der Waals surface area contributed by atoms with Crippen LogP contribution in [0.4, 0.5) is 0 Å². The predicted octanol–water partition coefficient (Wildman–Crippen LogP) is 11.4. The minimum Gasteiger partial charge on any atom is -0.455 e. The Morgan fingerprint density at radius 2 is 1.11 bits per heavy atom. The molecule has 2 heterocycles. The SMILES string of the molecule is CC1(C)c2ccccc2-c2c(-c3cc(-c4cccc(-c5cccc6c5oc5ccccc56)c4)nc(-c4ccccc4)n3)cccc21. The van der Waals surface area contributed by atoms with Crippen molar-refractivity contribution in [3.05, 3.63) is 157 Å². The van der Waals surface area contributed by atoms with Gasteiger partial charge in [0.15, 0.2) is 5.82 Å². The molecule has 0 atom stereocenters. The minimum absolute atomic E-state index is 0.0912. The van der Waals surface area contributed by atoms with Crippen molar-refractivity contribution in [1.29, 1.82) is 0 Å². The fourth-order valence-electron chi connectivity index (χ4n) is 7.24. The average Bonchev–Trinajstić information content (AvgIpc) is 3.61. The van der Waals surface area contributed by atoms with Crippen molar-refractivity contribution in [2.24, 2.45) is 0 Å². The predicted molar refractivity (Wildman–Crippen MR) is 189 cm³/mol. The van der Waals surface area contributed by atoms with Gasteiger partial charge in [-0.25, -0.2) is 9.97 Å². The van der Waals surface area contributed by atoms with Gasteiger partial charge >= 0.3 is 0 Å². The molecule has 0 spiro atoms. The van der Waals surface area contributed by atoms with Gasteiger partial charge in [0.05, 0.1) is 11.4 Å². The molecule has 3 nitrogen and oxygen atoms in total. The van der Waals surface area contributed by atoms with Gasteiger partial charge in [-0.1, -0.05) is 141 Å². The highest BCUT2D eigenvalue weighted by molar-refractivity contribution is 6.09. The van der Waals surface area contributed by atoms with Gasteiger partial charge < -0.3 is 4.42 Å². The maximum absolute atomic E-state index is 6.40. The van der Waals surface area contributed by atoms with Gasteiger partial charge in [-0.3, -0.25) is 0 Å². The van der Waals surface area contributed by atoms with Crippen LogP contribution >= 0.6 is 0 Å². The number of benzene rings is 6. The molecule has 0 fully saturated rings. The largest absolute Gasteiger partial charge is 0.455 e.